The Bertz CT molecular complexity index is 963. The van der Waals surface area contributed by atoms with Crippen LogP contribution in [-0.4, -0.2) is 56.1 Å². The smallest absolute Gasteiger partial charge is 0.285 e. The third kappa shape index (κ3) is 3.95. The summed E-state index contributed by atoms with van der Waals surface area (Å²) in [6.07, 6.45) is 4.98. The van der Waals surface area contributed by atoms with Gasteiger partial charge < -0.3 is 9.80 Å². The van der Waals surface area contributed by atoms with Crippen molar-refractivity contribution in [1.29, 1.82) is 0 Å². The highest BCUT2D eigenvalue weighted by Crippen LogP contribution is 2.34. The molecule has 0 aromatic heterocycles. The molecule has 29 heavy (non-hydrogen) atoms. The molecule has 1 aromatic rings. The van der Waals surface area contributed by atoms with E-state index in [4.69, 9.17) is 0 Å². The maximum absolute atomic E-state index is 13.3. The van der Waals surface area contributed by atoms with Crippen molar-refractivity contribution in [2.24, 2.45) is 10.3 Å². The fraction of sp³-hybridized carbons (Fsp3) is 0.524. The first-order valence-electron chi connectivity index (χ1n) is 10.2. The molecule has 156 valence electrons. The summed E-state index contributed by atoms with van der Waals surface area (Å²) in [5, 5.41) is 0. The molecule has 2 fully saturated rings. The van der Waals surface area contributed by atoms with Crippen LogP contribution in [0, 0.1) is 11.7 Å². The van der Waals surface area contributed by atoms with Gasteiger partial charge in [-0.1, -0.05) is 25.0 Å². The van der Waals surface area contributed by atoms with Crippen LogP contribution in [-0.2, 0) is 14.8 Å². The Morgan fingerprint density at radius 3 is 2.41 bits per heavy atom. The number of carbonyl (C=O) groups is 1. The van der Waals surface area contributed by atoms with Crippen molar-refractivity contribution in [2.45, 2.75) is 39.0 Å². The fourth-order valence-electron chi connectivity index (χ4n) is 4.57. The highest BCUT2D eigenvalue weighted by atomic mass is 32.2. The maximum atomic E-state index is 13.3. The van der Waals surface area contributed by atoms with Gasteiger partial charge in [-0.25, -0.2) is 4.39 Å². The standard InChI is InChI=1S/C21H26FN3O3S/c1-15-19(16-7-9-18(22)10-8-16)29(27,28)23-20(15)24-11-4-12-25(14-13-24)21(26)17-5-2-3-6-17/h7-10,17H,2-6,11-14H2,1H3. The lowest BCUT2D eigenvalue weighted by Crippen LogP contribution is -2.39. The minimum Gasteiger partial charge on any atom is -0.354 e. The third-order valence-corrected chi connectivity index (χ3v) is 7.53. The van der Waals surface area contributed by atoms with Crippen LogP contribution in [0.2, 0.25) is 0 Å². The number of benzene rings is 1. The molecule has 1 saturated carbocycles. The van der Waals surface area contributed by atoms with Crippen LogP contribution >= 0.6 is 0 Å². The number of halogens is 1. The van der Waals surface area contributed by atoms with E-state index in [1.54, 1.807) is 6.92 Å². The second kappa shape index (κ2) is 7.89. The molecule has 2 heterocycles. The lowest BCUT2D eigenvalue weighted by atomic mass is 10.1. The largest absolute Gasteiger partial charge is 0.354 e. The number of nitrogens with zero attached hydrogens (tertiary/aromatic N) is 3. The van der Waals surface area contributed by atoms with E-state index in [9.17, 15) is 17.6 Å². The van der Waals surface area contributed by atoms with Gasteiger partial charge in [0.05, 0.1) is 0 Å². The molecule has 1 saturated heterocycles. The van der Waals surface area contributed by atoms with Crippen LogP contribution in [0.1, 0.15) is 44.6 Å². The van der Waals surface area contributed by atoms with Gasteiger partial charge >= 0.3 is 0 Å². The molecule has 0 N–H and O–H groups in total. The molecule has 8 heteroatoms. The van der Waals surface area contributed by atoms with Crippen molar-refractivity contribution in [3.8, 4) is 0 Å². The van der Waals surface area contributed by atoms with Gasteiger partial charge in [-0.2, -0.15) is 8.42 Å². The predicted molar refractivity (Wildman–Crippen MR) is 110 cm³/mol. The summed E-state index contributed by atoms with van der Waals surface area (Å²) in [6.45, 7) is 4.22. The Morgan fingerprint density at radius 1 is 1.03 bits per heavy atom. The molecule has 1 aromatic carbocycles. The van der Waals surface area contributed by atoms with Gasteiger partial charge in [0.15, 0.2) is 0 Å². The molecule has 0 spiro atoms. The summed E-state index contributed by atoms with van der Waals surface area (Å²) < 4.78 is 42.7. The molecule has 0 radical (unpaired) electrons. The molecule has 2 aliphatic heterocycles. The van der Waals surface area contributed by atoms with Crippen LogP contribution in [0.4, 0.5) is 4.39 Å². The van der Waals surface area contributed by atoms with Gasteiger partial charge in [0, 0.05) is 37.7 Å². The molecule has 6 nitrogen and oxygen atoms in total. The second-order valence-corrected chi connectivity index (χ2v) is 9.54. The molecule has 0 unspecified atom stereocenters. The van der Waals surface area contributed by atoms with Crippen LogP contribution < -0.4 is 0 Å². The number of sulfonamides is 1. The number of amides is 1. The zero-order valence-electron chi connectivity index (χ0n) is 16.6. The van der Waals surface area contributed by atoms with E-state index in [1.165, 1.54) is 24.3 Å². The van der Waals surface area contributed by atoms with Crippen molar-refractivity contribution in [3.05, 3.63) is 41.2 Å². The van der Waals surface area contributed by atoms with Crippen molar-refractivity contribution < 1.29 is 17.6 Å². The molecular formula is C21H26FN3O3S. The van der Waals surface area contributed by atoms with Gasteiger partial charge in [0.25, 0.3) is 10.0 Å². The first kappa shape index (κ1) is 20.1. The molecule has 0 bridgehead atoms. The number of hydrogen-bond donors (Lipinski definition) is 0. The first-order valence-corrected chi connectivity index (χ1v) is 11.7. The summed E-state index contributed by atoms with van der Waals surface area (Å²) in [6, 6.07) is 5.44. The first-order chi connectivity index (χ1) is 13.9. The molecule has 0 atom stereocenters. The lowest BCUT2D eigenvalue weighted by molar-refractivity contribution is -0.135. The molecular weight excluding hydrogens is 393 g/mol. The van der Waals surface area contributed by atoms with Crippen LogP contribution in [0.3, 0.4) is 0 Å². The van der Waals surface area contributed by atoms with E-state index < -0.39 is 15.8 Å². The van der Waals surface area contributed by atoms with Gasteiger partial charge in [0.2, 0.25) is 5.91 Å². The third-order valence-electron chi connectivity index (χ3n) is 6.06. The summed E-state index contributed by atoms with van der Waals surface area (Å²) in [7, 11) is -3.83. The molecule has 1 aliphatic carbocycles. The Labute approximate surface area is 171 Å². The number of hydrogen-bond acceptors (Lipinski definition) is 4. The van der Waals surface area contributed by atoms with Gasteiger partial charge in [-0.3, -0.25) is 4.79 Å². The number of rotatable bonds is 2. The van der Waals surface area contributed by atoms with Crippen molar-refractivity contribution in [3.63, 3.8) is 0 Å². The fourth-order valence-corrected chi connectivity index (χ4v) is 6.05. The topological polar surface area (TPSA) is 70.1 Å². The van der Waals surface area contributed by atoms with Crippen molar-refractivity contribution >= 4 is 26.7 Å². The quantitative estimate of drug-likeness (QED) is 0.739. The van der Waals surface area contributed by atoms with Gasteiger partial charge in [-0.15, -0.1) is 4.40 Å². The zero-order valence-corrected chi connectivity index (χ0v) is 17.4. The normalized spacial score (nSPS) is 22.8. The maximum Gasteiger partial charge on any atom is 0.285 e. The van der Waals surface area contributed by atoms with Gasteiger partial charge in [-0.05, 0) is 43.9 Å². The second-order valence-electron chi connectivity index (χ2n) is 8.00. The Balaban J connectivity index is 1.53. The van der Waals surface area contributed by atoms with E-state index >= 15 is 0 Å². The van der Waals surface area contributed by atoms with Crippen LogP contribution in [0.25, 0.3) is 4.91 Å². The van der Waals surface area contributed by atoms with E-state index in [1.807, 2.05) is 9.80 Å². The average Bonchev–Trinajstić information content (AvgIpc) is 3.21. The summed E-state index contributed by atoms with van der Waals surface area (Å²) in [4.78, 5) is 16.8. The van der Waals surface area contributed by atoms with E-state index in [0.717, 1.165) is 32.1 Å². The lowest BCUT2D eigenvalue weighted by Gasteiger charge is -2.25. The molecule has 4 rings (SSSR count). The zero-order chi connectivity index (χ0) is 20.6. The highest BCUT2D eigenvalue weighted by molar-refractivity contribution is 8.00. The van der Waals surface area contributed by atoms with Crippen molar-refractivity contribution in [2.75, 3.05) is 26.2 Å². The molecule has 1 amide bonds. The summed E-state index contributed by atoms with van der Waals surface area (Å²) in [5.41, 5.74) is 1.02. The number of carbonyl (C=O) groups excluding carboxylic acids is 1. The van der Waals surface area contributed by atoms with Crippen molar-refractivity contribution in [1.82, 2.24) is 9.80 Å². The summed E-state index contributed by atoms with van der Waals surface area (Å²) in [5.74, 6) is 0.421. The SMILES string of the molecule is CC1=C(c2ccc(F)cc2)S(=O)(=O)N=C1N1CCCN(C(=O)C2CCCC2)CC1. The van der Waals surface area contributed by atoms with E-state index in [2.05, 4.69) is 4.40 Å². The predicted octanol–water partition coefficient (Wildman–Crippen LogP) is 3.02. The van der Waals surface area contributed by atoms with Gasteiger partial charge in [0.1, 0.15) is 16.6 Å². The van der Waals surface area contributed by atoms with E-state index in [0.29, 0.717) is 43.2 Å². The number of amidine groups is 1. The Morgan fingerprint density at radius 2 is 1.72 bits per heavy atom. The molecule has 3 aliphatic rings. The van der Waals surface area contributed by atoms with E-state index in [-0.39, 0.29) is 16.7 Å². The minimum atomic E-state index is -3.83. The minimum absolute atomic E-state index is 0.135. The Hall–Kier alpha value is -2.22. The average molecular weight is 420 g/mol. The van der Waals surface area contributed by atoms with Crippen LogP contribution in [0.5, 0.6) is 0 Å². The summed E-state index contributed by atoms with van der Waals surface area (Å²) >= 11 is 0. The Kier molecular flexibility index (Phi) is 5.46. The van der Waals surface area contributed by atoms with Crippen LogP contribution in [0.15, 0.2) is 34.2 Å². The monoisotopic (exact) mass is 419 g/mol. The highest BCUT2D eigenvalue weighted by Gasteiger charge is 2.35.